The average Bonchev–Trinajstić information content (AvgIpc) is 3.17. The van der Waals surface area contributed by atoms with E-state index in [1.54, 1.807) is 29.7 Å². The number of pyridine rings is 2. The number of hydrogen-bond donors (Lipinski definition) is 1. The molecule has 9 nitrogen and oxygen atoms in total. The second-order valence-corrected chi connectivity index (χ2v) is 9.16. The van der Waals surface area contributed by atoms with E-state index in [4.69, 9.17) is 19.2 Å². The molecule has 0 amide bonds. The molecule has 0 saturated heterocycles. The predicted octanol–water partition coefficient (Wildman–Crippen LogP) is 2.93. The van der Waals surface area contributed by atoms with Gasteiger partial charge in [-0.15, -0.1) is 0 Å². The van der Waals surface area contributed by atoms with Gasteiger partial charge in [0, 0.05) is 29.0 Å². The Hall–Kier alpha value is -3.56. The summed E-state index contributed by atoms with van der Waals surface area (Å²) in [6, 6.07) is 7.05. The first-order valence-corrected chi connectivity index (χ1v) is 11.6. The van der Waals surface area contributed by atoms with Gasteiger partial charge in [0.25, 0.3) is 5.56 Å². The van der Waals surface area contributed by atoms with Crippen LogP contribution >= 0.6 is 0 Å². The van der Waals surface area contributed by atoms with Crippen LogP contribution in [-0.2, 0) is 44.4 Å². The number of rotatable bonds is 5. The number of benzene rings is 1. The molecule has 0 spiro atoms. The number of aromatic nitrogens is 2. The number of carbonyl (C=O) groups excluding carboxylic acids is 2. The van der Waals surface area contributed by atoms with Crippen LogP contribution in [0.1, 0.15) is 56.4 Å². The molecule has 2 aliphatic heterocycles. The Labute approximate surface area is 201 Å². The zero-order valence-corrected chi connectivity index (χ0v) is 20.0. The van der Waals surface area contributed by atoms with Crippen molar-refractivity contribution in [2.75, 3.05) is 0 Å². The molecule has 2 aromatic heterocycles. The van der Waals surface area contributed by atoms with Crippen molar-refractivity contribution in [2.45, 2.75) is 65.6 Å². The summed E-state index contributed by atoms with van der Waals surface area (Å²) in [6.45, 7) is 7.18. The molecule has 0 unspecified atom stereocenters. The fourth-order valence-corrected chi connectivity index (χ4v) is 4.74. The summed E-state index contributed by atoms with van der Waals surface area (Å²) in [5.74, 6) is -0.789. The standard InChI is InChI=1S/C26H26N2O7/c1-5-26(32)19-9-21-23-15(10-28(21)24(30)18(19)12-34-25(26)31)8-16-17(11-33-13(2)3)22(35-14(4)29)7-6-20(16)27-23/h6-9,13,32H,5,10-12H2,1-4H3/t26-/m0/s1. The number of aliphatic hydroxyl groups is 1. The first-order chi connectivity index (χ1) is 16.6. The third-order valence-electron chi connectivity index (χ3n) is 6.57. The van der Waals surface area contributed by atoms with Gasteiger partial charge in [0.15, 0.2) is 5.60 Å². The van der Waals surface area contributed by atoms with Gasteiger partial charge < -0.3 is 23.9 Å². The second-order valence-electron chi connectivity index (χ2n) is 9.16. The topological polar surface area (TPSA) is 117 Å². The van der Waals surface area contributed by atoms with Crippen LogP contribution in [0.4, 0.5) is 0 Å². The summed E-state index contributed by atoms with van der Waals surface area (Å²) in [6.07, 6.45) is 0.0481. The number of nitrogens with zero attached hydrogens (tertiary/aromatic N) is 2. The third kappa shape index (κ3) is 3.62. The normalized spacial score (nSPS) is 18.3. The molecular formula is C26H26N2O7. The molecule has 0 aliphatic carbocycles. The maximum atomic E-state index is 13.4. The molecule has 0 radical (unpaired) electrons. The van der Waals surface area contributed by atoms with Gasteiger partial charge in [0.1, 0.15) is 12.4 Å². The molecule has 0 saturated carbocycles. The molecule has 0 bridgehead atoms. The summed E-state index contributed by atoms with van der Waals surface area (Å²) in [4.78, 5) is 42.2. The predicted molar refractivity (Wildman–Crippen MR) is 126 cm³/mol. The van der Waals surface area contributed by atoms with Crippen molar-refractivity contribution in [3.63, 3.8) is 0 Å². The third-order valence-corrected chi connectivity index (χ3v) is 6.57. The van der Waals surface area contributed by atoms with Gasteiger partial charge in [0.05, 0.1) is 41.7 Å². The lowest BCUT2D eigenvalue weighted by atomic mass is 9.86. The Morgan fingerprint density at radius 3 is 2.74 bits per heavy atom. The van der Waals surface area contributed by atoms with E-state index >= 15 is 0 Å². The van der Waals surface area contributed by atoms with Crippen molar-refractivity contribution < 1.29 is 28.9 Å². The van der Waals surface area contributed by atoms with E-state index in [0.29, 0.717) is 28.2 Å². The van der Waals surface area contributed by atoms with E-state index in [1.807, 2.05) is 19.9 Å². The molecule has 1 N–H and O–H groups in total. The van der Waals surface area contributed by atoms with Crippen molar-refractivity contribution >= 4 is 22.8 Å². The Balaban J connectivity index is 1.70. The van der Waals surface area contributed by atoms with Gasteiger partial charge in [-0.1, -0.05) is 6.92 Å². The fourth-order valence-electron chi connectivity index (χ4n) is 4.74. The summed E-state index contributed by atoms with van der Waals surface area (Å²) in [7, 11) is 0. The first-order valence-electron chi connectivity index (χ1n) is 11.6. The molecular weight excluding hydrogens is 452 g/mol. The minimum Gasteiger partial charge on any atom is -0.458 e. The molecule has 35 heavy (non-hydrogen) atoms. The summed E-state index contributed by atoms with van der Waals surface area (Å²) in [5, 5.41) is 11.8. The van der Waals surface area contributed by atoms with E-state index in [1.165, 1.54) is 6.92 Å². The van der Waals surface area contributed by atoms with Crippen LogP contribution in [0.5, 0.6) is 5.75 Å². The Kier molecular flexibility index (Phi) is 5.49. The lowest BCUT2D eigenvalue weighted by Crippen LogP contribution is -2.44. The van der Waals surface area contributed by atoms with E-state index in [2.05, 4.69) is 0 Å². The maximum Gasteiger partial charge on any atom is 0.343 e. The van der Waals surface area contributed by atoms with E-state index in [-0.39, 0.29) is 49.0 Å². The van der Waals surface area contributed by atoms with Crippen LogP contribution in [0, 0.1) is 0 Å². The zero-order valence-electron chi connectivity index (χ0n) is 20.0. The molecule has 0 fully saturated rings. The lowest BCUT2D eigenvalue weighted by molar-refractivity contribution is -0.172. The second kappa shape index (κ2) is 8.28. The molecule has 4 heterocycles. The van der Waals surface area contributed by atoms with Gasteiger partial charge in [-0.2, -0.15) is 0 Å². The maximum absolute atomic E-state index is 13.4. The lowest BCUT2D eigenvalue weighted by Gasteiger charge is -2.31. The highest BCUT2D eigenvalue weighted by atomic mass is 16.6. The van der Waals surface area contributed by atoms with E-state index in [0.717, 1.165) is 10.9 Å². The fraction of sp³-hybridized carbons (Fsp3) is 0.385. The molecule has 1 aromatic carbocycles. The first kappa shape index (κ1) is 23.2. The number of ether oxygens (including phenoxy) is 3. The van der Waals surface area contributed by atoms with Gasteiger partial charge in [-0.3, -0.25) is 9.59 Å². The van der Waals surface area contributed by atoms with Crippen molar-refractivity contribution in [1.82, 2.24) is 9.55 Å². The average molecular weight is 479 g/mol. The van der Waals surface area contributed by atoms with E-state index < -0.39 is 17.5 Å². The molecule has 2 aliphatic rings. The van der Waals surface area contributed by atoms with Crippen molar-refractivity contribution in [3.8, 4) is 17.1 Å². The van der Waals surface area contributed by atoms with Gasteiger partial charge in [-0.05, 0) is 44.5 Å². The Morgan fingerprint density at radius 2 is 2.06 bits per heavy atom. The van der Waals surface area contributed by atoms with Gasteiger partial charge >= 0.3 is 11.9 Å². The number of cyclic esters (lactones) is 1. The van der Waals surface area contributed by atoms with Crippen LogP contribution in [0.2, 0.25) is 0 Å². The SMILES string of the molecule is CC[C@@]1(O)C(=O)OCc2c1cc1n(c2=O)Cc2cc3c(COC(C)C)c(OC(C)=O)ccc3nc2-1. The summed E-state index contributed by atoms with van der Waals surface area (Å²) >= 11 is 0. The Bertz CT molecular complexity index is 1460. The quantitative estimate of drug-likeness (QED) is 0.344. The number of carbonyl (C=O) groups is 2. The molecule has 1 atom stereocenters. The van der Waals surface area contributed by atoms with Crippen molar-refractivity contribution in [1.29, 1.82) is 0 Å². The minimum atomic E-state index is -1.87. The van der Waals surface area contributed by atoms with Crippen LogP contribution in [0.25, 0.3) is 22.3 Å². The van der Waals surface area contributed by atoms with Crippen LogP contribution < -0.4 is 10.3 Å². The highest BCUT2D eigenvalue weighted by molar-refractivity contribution is 5.90. The number of fused-ring (bicyclic) bond motifs is 5. The molecule has 3 aromatic rings. The minimum absolute atomic E-state index is 0.0331. The molecule has 9 heteroatoms. The van der Waals surface area contributed by atoms with Crippen molar-refractivity contribution in [2.24, 2.45) is 0 Å². The monoisotopic (exact) mass is 478 g/mol. The zero-order chi connectivity index (χ0) is 25.1. The summed E-state index contributed by atoms with van der Waals surface area (Å²) < 4.78 is 18.0. The van der Waals surface area contributed by atoms with Crippen LogP contribution in [0.15, 0.2) is 29.1 Å². The molecule has 182 valence electrons. The smallest absolute Gasteiger partial charge is 0.343 e. The van der Waals surface area contributed by atoms with Crippen LogP contribution in [0.3, 0.4) is 0 Å². The molecule has 5 rings (SSSR count). The van der Waals surface area contributed by atoms with Gasteiger partial charge in [0.2, 0.25) is 0 Å². The summed E-state index contributed by atoms with van der Waals surface area (Å²) in [5.41, 5.74) is 1.65. The number of esters is 2. The van der Waals surface area contributed by atoms with Gasteiger partial charge in [-0.25, -0.2) is 9.78 Å². The van der Waals surface area contributed by atoms with Crippen molar-refractivity contribution in [3.05, 3.63) is 56.9 Å². The number of hydrogen-bond acceptors (Lipinski definition) is 8. The Morgan fingerprint density at radius 1 is 1.29 bits per heavy atom. The largest absolute Gasteiger partial charge is 0.458 e. The highest BCUT2D eigenvalue weighted by Gasteiger charge is 2.45. The van der Waals surface area contributed by atoms with E-state index in [9.17, 15) is 19.5 Å². The van der Waals surface area contributed by atoms with Crippen LogP contribution in [-0.4, -0.2) is 32.7 Å². The highest BCUT2D eigenvalue weighted by Crippen LogP contribution is 2.39.